The lowest BCUT2D eigenvalue weighted by molar-refractivity contribution is -0.122. The molecule has 18 heavy (non-hydrogen) atoms. The van der Waals surface area contributed by atoms with E-state index in [-0.39, 0.29) is 18.3 Å². The maximum absolute atomic E-state index is 11.5. The Morgan fingerprint density at radius 2 is 2.00 bits per heavy atom. The normalized spacial score (nSPS) is 9.94. The zero-order chi connectivity index (χ0) is 12.5. The van der Waals surface area contributed by atoms with Crippen molar-refractivity contribution in [3.8, 4) is 0 Å². The minimum absolute atomic E-state index is 0. The van der Waals surface area contributed by atoms with Gasteiger partial charge in [-0.1, -0.05) is 30.3 Å². The second-order valence-electron chi connectivity index (χ2n) is 3.94. The summed E-state index contributed by atoms with van der Waals surface area (Å²) < 4.78 is 0. The maximum atomic E-state index is 11.5. The van der Waals surface area contributed by atoms with Gasteiger partial charge >= 0.3 is 0 Å². The van der Waals surface area contributed by atoms with Crippen molar-refractivity contribution in [2.75, 3.05) is 26.2 Å². The number of carbonyl (C=O) groups is 1. The van der Waals surface area contributed by atoms with Crippen LogP contribution in [-0.2, 0) is 11.3 Å². The van der Waals surface area contributed by atoms with Crippen molar-refractivity contribution in [3.05, 3.63) is 35.9 Å². The van der Waals surface area contributed by atoms with Crippen molar-refractivity contribution in [2.24, 2.45) is 5.73 Å². The molecule has 4 nitrogen and oxygen atoms in total. The van der Waals surface area contributed by atoms with E-state index in [1.807, 2.05) is 25.1 Å². The van der Waals surface area contributed by atoms with Crippen LogP contribution in [0.15, 0.2) is 30.3 Å². The van der Waals surface area contributed by atoms with Crippen LogP contribution in [0.5, 0.6) is 0 Å². The predicted molar refractivity (Wildman–Crippen MR) is 76.7 cm³/mol. The first-order valence-electron chi connectivity index (χ1n) is 5.99. The average molecular weight is 272 g/mol. The highest BCUT2D eigenvalue weighted by Gasteiger charge is 2.09. The van der Waals surface area contributed by atoms with Gasteiger partial charge in [0.2, 0.25) is 5.91 Å². The second kappa shape index (κ2) is 9.88. The summed E-state index contributed by atoms with van der Waals surface area (Å²) in [4.78, 5) is 13.6. The highest BCUT2D eigenvalue weighted by Crippen LogP contribution is 2.03. The number of nitrogens with zero attached hydrogens (tertiary/aromatic N) is 1. The molecule has 0 saturated carbocycles. The summed E-state index contributed by atoms with van der Waals surface area (Å²) in [5.41, 5.74) is 6.76. The van der Waals surface area contributed by atoms with Gasteiger partial charge in [-0.05, 0) is 12.5 Å². The molecule has 0 unspecified atom stereocenters. The number of nitrogens with one attached hydrogen (secondary N) is 1. The molecule has 0 spiro atoms. The molecule has 3 N–H and O–H groups in total. The van der Waals surface area contributed by atoms with E-state index in [1.165, 1.54) is 5.56 Å². The minimum Gasteiger partial charge on any atom is -0.355 e. The Morgan fingerprint density at radius 1 is 1.33 bits per heavy atom. The lowest BCUT2D eigenvalue weighted by atomic mass is 10.2. The number of hydrogen-bond donors (Lipinski definition) is 2. The van der Waals surface area contributed by atoms with Gasteiger partial charge in [0, 0.05) is 26.2 Å². The van der Waals surface area contributed by atoms with E-state index in [9.17, 15) is 4.79 Å². The Kier molecular flexibility index (Phi) is 9.28. The Bertz CT molecular complexity index is 332. The SMILES string of the molecule is CCNC(=O)CN(CCN)Cc1ccccc1.Cl. The number of halogens is 1. The van der Waals surface area contributed by atoms with Crippen molar-refractivity contribution < 1.29 is 4.79 Å². The van der Waals surface area contributed by atoms with Crippen molar-refractivity contribution in [3.63, 3.8) is 0 Å². The van der Waals surface area contributed by atoms with Crippen LogP contribution in [0.4, 0.5) is 0 Å². The number of likely N-dealkylation sites (N-methyl/N-ethyl adjacent to an activating group) is 1. The maximum Gasteiger partial charge on any atom is 0.234 e. The number of amides is 1. The molecule has 5 heteroatoms. The molecule has 1 amide bonds. The Hall–Kier alpha value is -1.10. The Labute approximate surface area is 115 Å². The number of rotatable bonds is 7. The van der Waals surface area contributed by atoms with Crippen LogP contribution < -0.4 is 11.1 Å². The van der Waals surface area contributed by atoms with Gasteiger partial charge in [0.25, 0.3) is 0 Å². The summed E-state index contributed by atoms with van der Waals surface area (Å²) in [5.74, 6) is 0.0527. The first-order chi connectivity index (χ1) is 8.26. The van der Waals surface area contributed by atoms with Crippen LogP contribution in [0.3, 0.4) is 0 Å². The fraction of sp³-hybridized carbons (Fsp3) is 0.462. The molecule has 1 aromatic carbocycles. The van der Waals surface area contributed by atoms with Gasteiger partial charge in [0.15, 0.2) is 0 Å². The monoisotopic (exact) mass is 271 g/mol. The fourth-order valence-electron chi connectivity index (χ4n) is 1.69. The van der Waals surface area contributed by atoms with E-state index < -0.39 is 0 Å². The molecule has 0 atom stereocenters. The molecule has 102 valence electrons. The van der Waals surface area contributed by atoms with Gasteiger partial charge < -0.3 is 11.1 Å². The molecule has 0 aromatic heterocycles. The summed E-state index contributed by atoms with van der Waals surface area (Å²) in [7, 11) is 0. The Balaban J connectivity index is 0.00000289. The van der Waals surface area contributed by atoms with Crippen LogP contribution in [-0.4, -0.2) is 37.0 Å². The molecule has 0 bridgehead atoms. The zero-order valence-corrected chi connectivity index (χ0v) is 11.6. The van der Waals surface area contributed by atoms with Crippen molar-refractivity contribution in [1.29, 1.82) is 0 Å². The topological polar surface area (TPSA) is 58.4 Å². The van der Waals surface area contributed by atoms with Gasteiger partial charge in [-0.25, -0.2) is 0 Å². The third-order valence-corrected chi connectivity index (χ3v) is 2.44. The largest absolute Gasteiger partial charge is 0.355 e. The van der Waals surface area contributed by atoms with E-state index in [0.29, 0.717) is 19.6 Å². The number of benzene rings is 1. The summed E-state index contributed by atoms with van der Waals surface area (Å²) in [6.45, 7) is 5.04. The van der Waals surface area contributed by atoms with E-state index in [0.717, 1.165) is 13.1 Å². The summed E-state index contributed by atoms with van der Waals surface area (Å²) in [5, 5.41) is 2.80. The highest BCUT2D eigenvalue weighted by atomic mass is 35.5. The molecule has 0 saturated heterocycles. The summed E-state index contributed by atoms with van der Waals surface area (Å²) >= 11 is 0. The quantitative estimate of drug-likeness (QED) is 0.778. The van der Waals surface area contributed by atoms with Crippen LogP contribution in [0.2, 0.25) is 0 Å². The highest BCUT2D eigenvalue weighted by molar-refractivity contribution is 5.85. The van der Waals surface area contributed by atoms with Gasteiger partial charge in [0.05, 0.1) is 6.54 Å². The van der Waals surface area contributed by atoms with Crippen LogP contribution >= 0.6 is 12.4 Å². The van der Waals surface area contributed by atoms with E-state index >= 15 is 0 Å². The van der Waals surface area contributed by atoms with Gasteiger partial charge in [-0.2, -0.15) is 0 Å². The molecular formula is C13H22ClN3O. The molecule has 0 aliphatic heterocycles. The van der Waals surface area contributed by atoms with Crippen LogP contribution in [0.25, 0.3) is 0 Å². The third-order valence-electron chi connectivity index (χ3n) is 2.44. The molecule has 0 aliphatic rings. The molecule has 1 rings (SSSR count). The van der Waals surface area contributed by atoms with Gasteiger partial charge in [-0.3, -0.25) is 9.69 Å². The Morgan fingerprint density at radius 3 is 2.56 bits per heavy atom. The lowest BCUT2D eigenvalue weighted by Crippen LogP contribution is -2.39. The predicted octanol–water partition coefficient (Wildman–Crippen LogP) is 1.01. The first-order valence-corrected chi connectivity index (χ1v) is 5.99. The van der Waals surface area contributed by atoms with Crippen molar-refractivity contribution in [2.45, 2.75) is 13.5 Å². The zero-order valence-electron chi connectivity index (χ0n) is 10.8. The van der Waals surface area contributed by atoms with E-state index in [1.54, 1.807) is 0 Å². The molecule has 0 heterocycles. The lowest BCUT2D eigenvalue weighted by Gasteiger charge is -2.20. The van der Waals surface area contributed by atoms with Gasteiger partial charge in [-0.15, -0.1) is 12.4 Å². The van der Waals surface area contributed by atoms with Crippen molar-refractivity contribution >= 4 is 18.3 Å². The van der Waals surface area contributed by atoms with E-state index in [4.69, 9.17) is 5.73 Å². The molecule has 1 aromatic rings. The third kappa shape index (κ3) is 6.59. The fourth-order valence-corrected chi connectivity index (χ4v) is 1.69. The average Bonchev–Trinajstić information content (AvgIpc) is 2.31. The molecule has 0 radical (unpaired) electrons. The molecule has 0 aliphatic carbocycles. The van der Waals surface area contributed by atoms with Crippen LogP contribution in [0, 0.1) is 0 Å². The smallest absolute Gasteiger partial charge is 0.234 e. The minimum atomic E-state index is 0. The summed E-state index contributed by atoms with van der Waals surface area (Å²) in [6, 6.07) is 10.1. The second-order valence-corrected chi connectivity index (χ2v) is 3.94. The standard InChI is InChI=1S/C13H21N3O.ClH/c1-2-15-13(17)11-16(9-8-14)10-12-6-4-3-5-7-12;/h3-7H,2,8-11,14H2,1H3,(H,15,17);1H. The number of nitrogens with two attached hydrogens (primary N) is 1. The number of carbonyl (C=O) groups excluding carboxylic acids is 1. The summed E-state index contributed by atoms with van der Waals surface area (Å²) in [6.07, 6.45) is 0. The van der Waals surface area contributed by atoms with Crippen LogP contribution in [0.1, 0.15) is 12.5 Å². The van der Waals surface area contributed by atoms with Crippen molar-refractivity contribution in [1.82, 2.24) is 10.2 Å². The number of hydrogen-bond acceptors (Lipinski definition) is 3. The van der Waals surface area contributed by atoms with Gasteiger partial charge in [0.1, 0.15) is 0 Å². The van der Waals surface area contributed by atoms with E-state index in [2.05, 4.69) is 22.3 Å². The molecular weight excluding hydrogens is 250 g/mol. The molecule has 0 fully saturated rings. The first kappa shape index (κ1) is 16.9.